The second kappa shape index (κ2) is 9.70. The van der Waals surface area contributed by atoms with E-state index in [0.717, 1.165) is 55.2 Å². The van der Waals surface area contributed by atoms with Crippen molar-refractivity contribution >= 4 is 43.2 Å². The molecule has 194 valence electrons. The maximum absolute atomic E-state index is 10.1. The SMILES string of the molecule is N#Cc1ccccc1-c1cc(-c2ccc3ccccc3c2)nc2c1cc(-c1ccc3ccccc3c1)c1ccccc12. The zero-order valence-corrected chi connectivity index (χ0v) is 22.8. The van der Waals surface area contributed by atoms with Gasteiger partial charge in [-0.25, -0.2) is 4.98 Å². The second-order valence-corrected chi connectivity index (χ2v) is 10.7. The molecule has 0 unspecified atom stereocenters. The lowest BCUT2D eigenvalue weighted by molar-refractivity contribution is 1.41. The standard InChI is InChI=1S/C40H24N2/c41-25-32-13-5-6-14-33(32)37-24-39(31-20-18-27-10-2-4-12-29(27)22-31)42-40-35-16-8-7-15-34(35)36(23-38(37)40)30-19-17-26-9-1-3-11-28(26)21-30/h1-24H. The zero-order chi connectivity index (χ0) is 28.0. The Hall–Kier alpha value is -5.78. The van der Waals surface area contributed by atoms with Crippen molar-refractivity contribution in [2.24, 2.45) is 0 Å². The number of nitriles is 1. The summed E-state index contributed by atoms with van der Waals surface area (Å²) in [6.45, 7) is 0. The van der Waals surface area contributed by atoms with E-state index in [4.69, 9.17) is 4.98 Å². The van der Waals surface area contributed by atoms with Gasteiger partial charge in [-0.2, -0.15) is 5.26 Å². The van der Waals surface area contributed by atoms with Crippen LogP contribution in [0.4, 0.5) is 0 Å². The van der Waals surface area contributed by atoms with E-state index in [1.54, 1.807) is 0 Å². The van der Waals surface area contributed by atoms with Gasteiger partial charge >= 0.3 is 0 Å². The summed E-state index contributed by atoms with van der Waals surface area (Å²) in [4.78, 5) is 5.32. The molecule has 8 rings (SSSR count). The smallest absolute Gasteiger partial charge is 0.0998 e. The van der Waals surface area contributed by atoms with Gasteiger partial charge in [0.25, 0.3) is 0 Å². The highest BCUT2D eigenvalue weighted by Crippen LogP contribution is 2.41. The predicted molar refractivity (Wildman–Crippen MR) is 175 cm³/mol. The quantitative estimate of drug-likeness (QED) is 0.212. The minimum absolute atomic E-state index is 0.648. The molecule has 2 nitrogen and oxygen atoms in total. The summed E-state index contributed by atoms with van der Waals surface area (Å²) in [5.74, 6) is 0. The van der Waals surface area contributed by atoms with Crippen LogP contribution in [0.25, 0.3) is 76.7 Å². The van der Waals surface area contributed by atoms with Gasteiger partial charge in [0, 0.05) is 21.9 Å². The number of benzene rings is 7. The van der Waals surface area contributed by atoms with Crippen LogP contribution in [-0.4, -0.2) is 4.98 Å². The average molecular weight is 533 g/mol. The van der Waals surface area contributed by atoms with E-state index >= 15 is 0 Å². The fourth-order valence-corrected chi connectivity index (χ4v) is 6.18. The zero-order valence-electron chi connectivity index (χ0n) is 22.8. The first-order valence-corrected chi connectivity index (χ1v) is 14.1. The van der Waals surface area contributed by atoms with Crippen molar-refractivity contribution in [2.75, 3.05) is 0 Å². The molecule has 0 saturated heterocycles. The van der Waals surface area contributed by atoms with Crippen molar-refractivity contribution in [1.82, 2.24) is 4.98 Å². The van der Waals surface area contributed by atoms with Crippen molar-refractivity contribution in [3.8, 4) is 39.6 Å². The highest BCUT2D eigenvalue weighted by molar-refractivity contribution is 6.16. The van der Waals surface area contributed by atoms with Crippen molar-refractivity contribution in [3.05, 3.63) is 151 Å². The van der Waals surface area contributed by atoms with Crippen molar-refractivity contribution in [1.29, 1.82) is 5.26 Å². The molecule has 8 aromatic rings. The number of fused-ring (bicyclic) bond motifs is 5. The molecule has 1 heterocycles. The van der Waals surface area contributed by atoms with E-state index in [1.807, 2.05) is 24.3 Å². The first kappa shape index (κ1) is 24.1. The minimum atomic E-state index is 0.648. The number of hydrogen-bond acceptors (Lipinski definition) is 2. The minimum Gasteiger partial charge on any atom is -0.247 e. The summed E-state index contributed by atoms with van der Waals surface area (Å²) in [5, 5.41) is 18.2. The van der Waals surface area contributed by atoms with E-state index in [9.17, 15) is 5.26 Å². The van der Waals surface area contributed by atoms with Gasteiger partial charge in [0.1, 0.15) is 0 Å². The molecule has 1 aromatic heterocycles. The van der Waals surface area contributed by atoms with Gasteiger partial charge in [0.15, 0.2) is 0 Å². The van der Waals surface area contributed by atoms with Gasteiger partial charge in [0.2, 0.25) is 0 Å². The third kappa shape index (κ3) is 3.91. The van der Waals surface area contributed by atoms with E-state index in [2.05, 4.69) is 127 Å². The van der Waals surface area contributed by atoms with Crippen LogP contribution in [0.3, 0.4) is 0 Å². The molecule has 0 fully saturated rings. The third-order valence-electron chi connectivity index (χ3n) is 8.26. The van der Waals surface area contributed by atoms with Crippen LogP contribution in [0.15, 0.2) is 146 Å². The molecule has 2 heteroatoms. The summed E-state index contributed by atoms with van der Waals surface area (Å²) in [6.07, 6.45) is 0. The van der Waals surface area contributed by atoms with Gasteiger partial charge in [-0.1, -0.05) is 115 Å². The predicted octanol–water partition coefficient (Wildman–Crippen LogP) is 10.6. The van der Waals surface area contributed by atoms with Crippen molar-refractivity contribution in [3.63, 3.8) is 0 Å². The third-order valence-corrected chi connectivity index (χ3v) is 8.26. The molecule has 7 aromatic carbocycles. The van der Waals surface area contributed by atoms with Crippen LogP contribution in [0.2, 0.25) is 0 Å². The molecular weight excluding hydrogens is 508 g/mol. The Morgan fingerprint density at radius 3 is 1.76 bits per heavy atom. The monoisotopic (exact) mass is 532 g/mol. The molecule has 0 aliphatic heterocycles. The van der Waals surface area contributed by atoms with E-state index < -0.39 is 0 Å². The molecule has 0 amide bonds. The molecule has 0 radical (unpaired) electrons. The second-order valence-electron chi connectivity index (χ2n) is 10.7. The number of hydrogen-bond donors (Lipinski definition) is 0. The number of aromatic nitrogens is 1. The van der Waals surface area contributed by atoms with Crippen LogP contribution in [0.1, 0.15) is 5.56 Å². The topological polar surface area (TPSA) is 36.7 Å². The Morgan fingerprint density at radius 2 is 1.02 bits per heavy atom. The fraction of sp³-hybridized carbons (Fsp3) is 0. The average Bonchev–Trinajstić information content (AvgIpc) is 3.07. The summed E-state index contributed by atoms with van der Waals surface area (Å²) in [7, 11) is 0. The maximum atomic E-state index is 10.1. The lowest BCUT2D eigenvalue weighted by atomic mass is 9.89. The van der Waals surface area contributed by atoms with Gasteiger partial charge in [-0.15, -0.1) is 0 Å². The van der Waals surface area contributed by atoms with Crippen LogP contribution in [0.5, 0.6) is 0 Å². The Kier molecular flexibility index (Phi) is 5.55. The fourth-order valence-electron chi connectivity index (χ4n) is 6.18. The lowest BCUT2D eigenvalue weighted by Gasteiger charge is -2.16. The molecule has 0 aliphatic carbocycles. The Balaban J connectivity index is 1.48. The number of nitrogens with zero attached hydrogens (tertiary/aromatic N) is 2. The summed E-state index contributed by atoms with van der Waals surface area (Å²) in [6, 6.07) is 53.3. The summed E-state index contributed by atoms with van der Waals surface area (Å²) >= 11 is 0. The maximum Gasteiger partial charge on any atom is 0.0998 e. The molecule has 0 spiro atoms. The number of rotatable bonds is 3. The molecule has 0 N–H and O–H groups in total. The normalized spacial score (nSPS) is 11.3. The van der Waals surface area contributed by atoms with Crippen molar-refractivity contribution in [2.45, 2.75) is 0 Å². The Bertz CT molecular complexity index is 2380. The first-order valence-electron chi connectivity index (χ1n) is 14.1. The molecule has 0 atom stereocenters. The van der Waals surface area contributed by atoms with E-state index in [1.165, 1.54) is 21.5 Å². The molecular formula is C40H24N2. The van der Waals surface area contributed by atoms with Crippen LogP contribution in [0, 0.1) is 11.3 Å². The van der Waals surface area contributed by atoms with E-state index in [0.29, 0.717) is 5.56 Å². The van der Waals surface area contributed by atoms with Crippen LogP contribution < -0.4 is 0 Å². The molecule has 0 saturated carbocycles. The Labute approximate surface area is 243 Å². The molecule has 42 heavy (non-hydrogen) atoms. The van der Waals surface area contributed by atoms with Gasteiger partial charge in [-0.3, -0.25) is 0 Å². The lowest BCUT2D eigenvalue weighted by Crippen LogP contribution is -1.94. The highest BCUT2D eigenvalue weighted by atomic mass is 14.7. The Morgan fingerprint density at radius 1 is 0.429 bits per heavy atom. The molecule has 0 aliphatic rings. The van der Waals surface area contributed by atoms with Crippen LogP contribution >= 0.6 is 0 Å². The van der Waals surface area contributed by atoms with Gasteiger partial charge < -0.3 is 0 Å². The summed E-state index contributed by atoms with van der Waals surface area (Å²) in [5.41, 5.74) is 7.75. The van der Waals surface area contributed by atoms with E-state index in [-0.39, 0.29) is 0 Å². The first-order chi connectivity index (χ1) is 20.8. The van der Waals surface area contributed by atoms with Gasteiger partial charge in [0.05, 0.1) is 22.8 Å². The van der Waals surface area contributed by atoms with Crippen molar-refractivity contribution < 1.29 is 0 Å². The highest BCUT2D eigenvalue weighted by Gasteiger charge is 2.17. The largest absolute Gasteiger partial charge is 0.247 e. The number of pyridine rings is 1. The molecule has 0 bridgehead atoms. The summed E-state index contributed by atoms with van der Waals surface area (Å²) < 4.78 is 0. The van der Waals surface area contributed by atoms with Gasteiger partial charge in [-0.05, 0) is 74.0 Å². The van der Waals surface area contributed by atoms with Crippen LogP contribution in [-0.2, 0) is 0 Å².